The van der Waals surface area contributed by atoms with Crippen LogP contribution in [0.3, 0.4) is 0 Å². The Labute approximate surface area is 141 Å². The van der Waals surface area contributed by atoms with Gasteiger partial charge in [-0.1, -0.05) is 12.1 Å². The molecule has 0 aliphatic rings. The molecule has 24 heavy (non-hydrogen) atoms. The Hall–Kier alpha value is -2.38. The monoisotopic (exact) mass is 348 g/mol. The van der Waals surface area contributed by atoms with E-state index < -0.39 is 10.0 Å². The molecule has 3 N–H and O–H groups in total. The van der Waals surface area contributed by atoms with Crippen LogP contribution in [-0.4, -0.2) is 32.6 Å². The van der Waals surface area contributed by atoms with Crippen molar-refractivity contribution in [2.45, 2.75) is 18.7 Å². The zero-order valence-corrected chi connectivity index (χ0v) is 14.4. The normalized spacial score (nSPS) is 11.1. The van der Waals surface area contributed by atoms with Crippen LogP contribution in [0.5, 0.6) is 0 Å². The zero-order chi connectivity index (χ0) is 17.7. The van der Waals surface area contributed by atoms with E-state index in [1.54, 1.807) is 12.1 Å². The van der Waals surface area contributed by atoms with Crippen molar-refractivity contribution in [3.63, 3.8) is 0 Å². The summed E-state index contributed by atoms with van der Waals surface area (Å²) in [5.74, 6) is -0.365. The summed E-state index contributed by atoms with van der Waals surface area (Å²) in [5.41, 5.74) is 2.71. The Bertz CT molecular complexity index is 830. The van der Waals surface area contributed by atoms with Gasteiger partial charge in [0.1, 0.15) is 0 Å². The van der Waals surface area contributed by atoms with Crippen LogP contribution in [0.25, 0.3) is 0 Å². The van der Waals surface area contributed by atoms with Crippen molar-refractivity contribution >= 4 is 21.6 Å². The maximum atomic E-state index is 12.5. The van der Waals surface area contributed by atoms with Crippen LogP contribution in [0.15, 0.2) is 47.4 Å². The Morgan fingerprint density at radius 1 is 1.08 bits per heavy atom. The molecule has 1 amide bonds. The van der Waals surface area contributed by atoms with Crippen LogP contribution >= 0.6 is 0 Å². The Kier molecular flexibility index (Phi) is 5.58. The Morgan fingerprint density at radius 3 is 2.38 bits per heavy atom. The molecule has 0 heterocycles. The number of hydrogen-bond donors (Lipinski definition) is 3. The van der Waals surface area contributed by atoms with E-state index in [0.29, 0.717) is 11.3 Å². The number of benzene rings is 2. The number of anilines is 1. The van der Waals surface area contributed by atoms with Gasteiger partial charge in [-0.15, -0.1) is 0 Å². The minimum absolute atomic E-state index is 0.0714. The molecule has 128 valence electrons. The van der Waals surface area contributed by atoms with Crippen molar-refractivity contribution in [1.82, 2.24) is 5.32 Å². The smallest absolute Gasteiger partial charge is 0.261 e. The van der Waals surface area contributed by atoms with Crippen LogP contribution in [0.2, 0.25) is 0 Å². The lowest BCUT2D eigenvalue weighted by molar-refractivity contribution is 0.0944. The summed E-state index contributed by atoms with van der Waals surface area (Å²) in [6.45, 7) is 3.75. The minimum Gasteiger partial charge on any atom is -0.395 e. The molecule has 0 bridgehead atoms. The van der Waals surface area contributed by atoms with E-state index in [9.17, 15) is 13.2 Å². The molecule has 0 aromatic heterocycles. The first-order valence-electron chi connectivity index (χ1n) is 7.43. The van der Waals surface area contributed by atoms with Gasteiger partial charge in [0.15, 0.2) is 0 Å². The van der Waals surface area contributed by atoms with Crippen molar-refractivity contribution < 1.29 is 18.3 Å². The minimum atomic E-state index is -3.73. The van der Waals surface area contributed by atoms with Crippen LogP contribution in [0, 0.1) is 13.8 Å². The molecule has 2 aromatic rings. The first kappa shape index (κ1) is 18.0. The van der Waals surface area contributed by atoms with Gasteiger partial charge in [-0.2, -0.15) is 0 Å². The van der Waals surface area contributed by atoms with Gasteiger partial charge in [-0.25, -0.2) is 8.42 Å². The van der Waals surface area contributed by atoms with Gasteiger partial charge in [0.2, 0.25) is 0 Å². The van der Waals surface area contributed by atoms with Crippen molar-refractivity contribution in [1.29, 1.82) is 0 Å². The highest BCUT2D eigenvalue weighted by Crippen LogP contribution is 2.22. The van der Waals surface area contributed by atoms with E-state index in [2.05, 4.69) is 10.0 Å². The predicted octanol–water partition coefficient (Wildman–Crippen LogP) is 1.83. The summed E-state index contributed by atoms with van der Waals surface area (Å²) in [6.07, 6.45) is 0. The lowest BCUT2D eigenvalue weighted by Gasteiger charge is -2.12. The van der Waals surface area contributed by atoms with Crippen LogP contribution in [0.4, 0.5) is 5.69 Å². The lowest BCUT2D eigenvalue weighted by atomic mass is 10.1. The van der Waals surface area contributed by atoms with Crippen LogP contribution < -0.4 is 10.0 Å². The molecule has 0 atom stereocenters. The van der Waals surface area contributed by atoms with Crippen molar-refractivity contribution in [2.24, 2.45) is 0 Å². The summed E-state index contributed by atoms with van der Waals surface area (Å²) >= 11 is 0. The number of nitrogens with one attached hydrogen (secondary N) is 2. The van der Waals surface area contributed by atoms with Crippen molar-refractivity contribution in [3.05, 3.63) is 59.2 Å². The molecule has 0 spiro atoms. The molecule has 0 fully saturated rings. The lowest BCUT2D eigenvalue weighted by Crippen LogP contribution is -2.26. The number of aryl methyl sites for hydroxylation is 1. The second-order valence-corrected chi connectivity index (χ2v) is 7.04. The summed E-state index contributed by atoms with van der Waals surface area (Å²) in [4.78, 5) is 11.8. The third-order valence-electron chi connectivity index (χ3n) is 3.67. The number of sulfonamides is 1. The molecule has 0 saturated heterocycles. The van der Waals surface area contributed by atoms with Gasteiger partial charge in [0.05, 0.1) is 17.2 Å². The molecule has 0 aliphatic carbocycles. The van der Waals surface area contributed by atoms with Gasteiger partial charge in [-0.3, -0.25) is 9.52 Å². The fraction of sp³-hybridized carbons (Fsp3) is 0.235. The molecule has 0 saturated carbocycles. The van der Waals surface area contributed by atoms with E-state index in [1.807, 2.05) is 19.9 Å². The molecular formula is C17H20N2O4S. The fourth-order valence-corrected chi connectivity index (χ4v) is 3.25. The SMILES string of the molecule is Cc1cccc(NS(=O)(=O)c2ccc(C(=O)NCCO)cc2)c1C. The second-order valence-electron chi connectivity index (χ2n) is 5.36. The summed E-state index contributed by atoms with van der Waals surface area (Å²) in [6, 6.07) is 11.0. The Morgan fingerprint density at radius 2 is 1.75 bits per heavy atom. The number of carbonyl (C=O) groups excluding carboxylic acids is 1. The van der Waals surface area contributed by atoms with E-state index in [1.165, 1.54) is 24.3 Å². The molecule has 6 nitrogen and oxygen atoms in total. The highest BCUT2D eigenvalue weighted by molar-refractivity contribution is 7.92. The first-order chi connectivity index (χ1) is 11.3. The summed E-state index contributed by atoms with van der Waals surface area (Å²) < 4.78 is 27.5. The van der Waals surface area contributed by atoms with Crippen molar-refractivity contribution in [2.75, 3.05) is 17.9 Å². The summed E-state index contributed by atoms with van der Waals surface area (Å²) in [5, 5.41) is 11.2. The largest absolute Gasteiger partial charge is 0.395 e. The third-order valence-corrected chi connectivity index (χ3v) is 5.05. The number of amides is 1. The second kappa shape index (κ2) is 7.46. The number of rotatable bonds is 6. The van der Waals surface area contributed by atoms with E-state index in [0.717, 1.165) is 11.1 Å². The molecule has 2 rings (SSSR count). The third kappa shape index (κ3) is 4.12. The highest BCUT2D eigenvalue weighted by atomic mass is 32.2. The maximum Gasteiger partial charge on any atom is 0.261 e. The number of aliphatic hydroxyl groups is 1. The van der Waals surface area contributed by atoms with Crippen LogP contribution in [0.1, 0.15) is 21.5 Å². The van der Waals surface area contributed by atoms with Gasteiger partial charge >= 0.3 is 0 Å². The fourth-order valence-electron chi connectivity index (χ4n) is 2.12. The molecule has 0 radical (unpaired) electrons. The average molecular weight is 348 g/mol. The standard InChI is InChI=1S/C17H20N2O4S/c1-12-4-3-5-16(13(12)2)19-24(22,23)15-8-6-14(7-9-15)17(21)18-10-11-20/h3-9,19-20H,10-11H2,1-2H3,(H,18,21). The predicted molar refractivity (Wildman–Crippen MR) is 92.6 cm³/mol. The quantitative estimate of drug-likeness (QED) is 0.742. The number of aliphatic hydroxyl groups excluding tert-OH is 1. The molecule has 0 aliphatic heterocycles. The molecule has 7 heteroatoms. The van der Waals surface area contributed by atoms with E-state index in [-0.39, 0.29) is 24.0 Å². The number of hydrogen-bond acceptors (Lipinski definition) is 4. The van der Waals surface area contributed by atoms with Crippen LogP contribution in [-0.2, 0) is 10.0 Å². The van der Waals surface area contributed by atoms with E-state index >= 15 is 0 Å². The van der Waals surface area contributed by atoms with Gasteiger partial charge < -0.3 is 10.4 Å². The maximum absolute atomic E-state index is 12.5. The van der Waals surface area contributed by atoms with Gasteiger partial charge in [0, 0.05) is 12.1 Å². The van der Waals surface area contributed by atoms with Gasteiger partial charge in [-0.05, 0) is 55.3 Å². The summed E-state index contributed by atoms with van der Waals surface area (Å²) in [7, 11) is -3.73. The number of carbonyl (C=O) groups is 1. The molecule has 2 aromatic carbocycles. The zero-order valence-electron chi connectivity index (χ0n) is 13.5. The molecule has 0 unspecified atom stereocenters. The van der Waals surface area contributed by atoms with E-state index in [4.69, 9.17) is 5.11 Å². The highest BCUT2D eigenvalue weighted by Gasteiger charge is 2.16. The first-order valence-corrected chi connectivity index (χ1v) is 8.91. The molecular weight excluding hydrogens is 328 g/mol. The topological polar surface area (TPSA) is 95.5 Å². The average Bonchev–Trinajstić information content (AvgIpc) is 2.57. The van der Waals surface area contributed by atoms with Crippen molar-refractivity contribution in [3.8, 4) is 0 Å². The Balaban J connectivity index is 2.21. The van der Waals surface area contributed by atoms with Gasteiger partial charge in [0.25, 0.3) is 15.9 Å².